The molecule has 0 aliphatic heterocycles. The summed E-state index contributed by atoms with van der Waals surface area (Å²) in [5.74, 6) is 1.54. The molecule has 1 aromatic carbocycles. The fourth-order valence-corrected chi connectivity index (χ4v) is 4.67. The molecule has 2 bridgehead atoms. The first-order chi connectivity index (χ1) is 12.9. The molecule has 0 heterocycles. The van der Waals surface area contributed by atoms with Gasteiger partial charge in [0.05, 0.1) is 19.3 Å². The summed E-state index contributed by atoms with van der Waals surface area (Å²) in [6, 6.07) is 10.8. The van der Waals surface area contributed by atoms with Crippen LogP contribution in [0.4, 0.5) is 0 Å². The Morgan fingerprint density at radius 2 is 1.96 bits per heavy atom. The summed E-state index contributed by atoms with van der Waals surface area (Å²) < 4.78 is 5.84. The smallest absolute Gasteiger partial charge is 0.0897 e. The molecule has 3 aliphatic rings. The minimum Gasteiger partial charge on any atom is -0.389 e. The van der Waals surface area contributed by atoms with Crippen LogP contribution < -0.4 is 5.32 Å². The van der Waals surface area contributed by atoms with Gasteiger partial charge in [0.15, 0.2) is 0 Å². The van der Waals surface area contributed by atoms with Crippen molar-refractivity contribution >= 4 is 0 Å². The van der Waals surface area contributed by atoms with Gasteiger partial charge in [-0.05, 0) is 55.3 Å². The highest BCUT2D eigenvalue weighted by atomic mass is 16.5. The Morgan fingerprint density at radius 1 is 1.22 bits per heavy atom. The van der Waals surface area contributed by atoms with Crippen LogP contribution in [0.5, 0.6) is 0 Å². The van der Waals surface area contributed by atoms with E-state index < -0.39 is 6.10 Å². The number of benzene rings is 1. The summed E-state index contributed by atoms with van der Waals surface area (Å²) in [5, 5.41) is 13.7. The minimum atomic E-state index is -0.477. The molecule has 0 aromatic heterocycles. The molecule has 2 N–H and O–H groups in total. The van der Waals surface area contributed by atoms with E-state index in [2.05, 4.69) is 68.5 Å². The maximum absolute atomic E-state index is 10.3. The van der Waals surface area contributed by atoms with Crippen molar-refractivity contribution in [3.05, 3.63) is 47.5 Å². The van der Waals surface area contributed by atoms with Gasteiger partial charge in [-0.1, -0.05) is 50.3 Å². The zero-order valence-corrected chi connectivity index (χ0v) is 17.3. The van der Waals surface area contributed by atoms with E-state index in [1.54, 1.807) is 0 Å². The van der Waals surface area contributed by atoms with E-state index in [4.69, 9.17) is 4.74 Å². The van der Waals surface area contributed by atoms with Crippen LogP contribution in [0.15, 0.2) is 42.0 Å². The van der Waals surface area contributed by atoms with Gasteiger partial charge in [0.1, 0.15) is 0 Å². The third-order valence-electron chi connectivity index (χ3n) is 6.69. The number of ether oxygens (including phenoxy) is 1. The van der Waals surface area contributed by atoms with E-state index in [9.17, 15) is 5.11 Å². The number of hydrogen-bond donors (Lipinski definition) is 2. The summed E-state index contributed by atoms with van der Waals surface area (Å²) in [6.07, 6.45) is 4.40. The van der Waals surface area contributed by atoms with E-state index >= 15 is 0 Å². The molecule has 0 radical (unpaired) electrons. The van der Waals surface area contributed by atoms with Crippen molar-refractivity contribution in [2.45, 2.75) is 38.8 Å². The monoisotopic (exact) mass is 372 g/mol. The second-order valence-electron chi connectivity index (χ2n) is 9.04. The third kappa shape index (κ3) is 4.80. The summed E-state index contributed by atoms with van der Waals surface area (Å²) in [5.41, 5.74) is 3.16. The summed E-state index contributed by atoms with van der Waals surface area (Å²) >= 11 is 0. The number of nitrogens with one attached hydrogen (secondary N) is 1. The normalized spacial score (nSPS) is 25.6. The number of nitrogens with zero attached hydrogens (tertiary/aromatic N) is 1. The number of rotatable bonds is 10. The Morgan fingerprint density at radius 3 is 2.59 bits per heavy atom. The van der Waals surface area contributed by atoms with Crippen LogP contribution in [0.2, 0.25) is 0 Å². The van der Waals surface area contributed by atoms with Crippen molar-refractivity contribution in [3.8, 4) is 0 Å². The lowest BCUT2D eigenvalue weighted by Crippen LogP contribution is -2.48. The number of likely N-dealkylation sites (N-methyl/N-ethyl adjacent to an activating group) is 1. The van der Waals surface area contributed by atoms with Gasteiger partial charge in [0.2, 0.25) is 0 Å². The van der Waals surface area contributed by atoms with E-state index in [-0.39, 0.29) is 0 Å². The molecule has 1 aromatic rings. The second kappa shape index (κ2) is 8.87. The molecule has 4 atom stereocenters. The van der Waals surface area contributed by atoms with Gasteiger partial charge < -0.3 is 20.1 Å². The van der Waals surface area contributed by atoms with Gasteiger partial charge in [0, 0.05) is 19.1 Å². The van der Waals surface area contributed by atoms with Crippen molar-refractivity contribution in [1.29, 1.82) is 0 Å². The lowest BCUT2D eigenvalue weighted by atomic mass is 9.49. The SMILES string of the molecule is CN(C)[C@@H](CNC[C@@H](O)COCC1=CC[C@@H]2C[C@H]1C2(C)C)c1ccccc1. The molecule has 3 aliphatic carbocycles. The minimum absolute atomic E-state index is 0.292. The van der Waals surface area contributed by atoms with Crippen molar-refractivity contribution in [2.75, 3.05) is 40.4 Å². The summed E-state index contributed by atoms with van der Waals surface area (Å²) in [4.78, 5) is 2.20. The molecule has 150 valence electrons. The second-order valence-corrected chi connectivity index (χ2v) is 9.04. The van der Waals surface area contributed by atoms with Crippen LogP contribution in [-0.4, -0.2) is 56.5 Å². The fraction of sp³-hybridized carbons (Fsp3) is 0.652. The summed E-state index contributed by atoms with van der Waals surface area (Å²) in [6.45, 7) is 7.17. The number of aliphatic hydroxyl groups excluding tert-OH is 1. The van der Waals surface area contributed by atoms with E-state index in [0.29, 0.717) is 37.1 Å². The number of aliphatic hydroxyl groups is 1. The molecular weight excluding hydrogens is 336 g/mol. The molecule has 4 rings (SSSR count). The Labute approximate surface area is 164 Å². The highest BCUT2D eigenvalue weighted by Gasteiger charge is 2.50. The van der Waals surface area contributed by atoms with Gasteiger partial charge in [-0.15, -0.1) is 0 Å². The Hall–Kier alpha value is -1.20. The quantitative estimate of drug-likeness (QED) is 0.619. The topological polar surface area (TPSA) is 44.7 Å². The predicted octanol–water partition coefficient (Wildman–Crippen LogP) is 3.25. The molecule has 0 saturated heterocycles. The Balaban J connectivity index is 1.36. The van der Waals surface area contributed by atoms with Crippen molar-refractivity contribution in [1.82, 2.24) is 10.2 Å². The lowest BCUT2D eigenvalue weighted by molar-refractivity contribution is -0.0235. The first kappa shape index (κ1) is 20.5. The summed E-state index contributed by atoms with van der Waals surface area (Å²) in [7, 11) is 4.17. The van der Waals surface area contributed by atoms with Crippen LogP contribution in [0.25, 0.3) is 0 Å². The first-order valence-electron chi connectivity index (χ1n) is 10.3. The van der Waals surface area contributed by atoms with Crippen LogP contribution in [0, 0.1) is 17.3 Å². The molecular formula is C23H36N2O2. The number of fused-ring (bicyclic) bond motifs is 1. The molecule has 0 unspecified atom stereocenters. The number of hydrogen-bond acceptors (Lipinski definition) is 4. The third-order valence-corrected chi connectivity index (χ3v) is 6.69. The zero-order valence-electron chi connectivity index (χ0n) is 17.3. The average Bonchev–Trinajstić information content (AvgIpc) is 2.65. The average molecular weight is 373 g/mol. The zero-order chi connectivity index (χ0) is 19.4. The molecule has 1 fully saturated rings. The Bertz CT molecular complexity index is 627. The predicted molar refractivity (Wildman–Crippen MR) is 111 cm³/mol. The maximum Gasteiger partial charge on any atom is 0.0897 e. The molecule has 0 spiro atoms. The fourth-order valence-electron chi connectivity index (χ4n) is 4.67. The molecule has 1 saturated carbocycles. The highest BCUT2D eigenvalue weighted by Crippen LogP contribution is 2.59. The van der Waals surface area contributed by atoms with Crippen LogP contribution in [-0.2, 0) is 4.74 Å². The van der Waals surface area contributed by atoms with Gasteiger partial charge in [0.25, 0.3) is 0 Å². The van der Waals surface area contributed by atoms with E-state index in [0.717, 1.165) is 12.5 Å². The molecule has 4 nitrogen and oxygen atoms in total. The standard InChI is InChI=1S/C23H36N2O2/c1-23(2)19-11-10-18(21(23)12-19)15-27-16-20(26)13-24-14-22(25(3)4)17-8-6-5-7-9-17/h5-10,19-22,24,26H,11-16H2,1-4H3/t19-,20-,21-,22+/m1/s1. The van der Waals surface area contributed by atoms with Gasteiger partial charge >= 0.3 is 0 Å². The van der Waals surface area contributed by atoms with Gasteiger partial charge in [-0.2, -0.15) is 0 Å². The first-order valence-corrected chi connectivity index (χ1v) is 10.3. The van der Waals surface area contributed by atoms with Crippen LogP contribution >= 0.6 is 0 Å². The van der Waals surface area contributed by atoms with Crippen LogP contribution in [0.3, 0.4) is 0 Å². The largest absolute Gasteiger partial charge is 0.389 e. The van der Waals surface area contributed by atoms with Crippen molar-refractivity contribution < 1.29 is 9.84 Å². The van der Waals surface area contributed by atoms with E-state index in [1.807, 2.05) is 6.07 Å². The van der Waals surface area contributed by atoms with Crippen molar-refractivity contribution in [3.63, 3.8) is 0 Å². The van der Waals surface area contributed by atoms with Crippen molar-refractivity contribution in [2.24, 2.45) is 17.3 Å². The molecule has 4 heteroatoms. The number of allylic oxidation sites excluding steroid dienone is 1. The Kier molecular flexibility index (Phi) is 6.74. The van der Waals surface area contributed by atoms with E-state index in [1.165, 1.54) is 24.0 Å². The molecule has 0 amide bonds. The molecule has 27 heavy (non-hydrogen) atoms. The lowest BCUT2D eigenvalue weighted by Gasteiger charge is -2.56. The van der Waals surface area contributed by atoms with Crippen LogP contribution in [0.1, 0.15) is 38.3 Å². The highest BCUT2D eigenvalue weighted by molar-refractivity contribution is 5.23. The maximum atomic E-state index is 10.3. The van der Waals surface area contributed by atoms with Gasteiger partial charge in [-0.25, -0.2) is 0 Å². The van der Waals surface area contributed by atoms with Gasteiger partial charge in [-0.3, -0.25) is 0 Å².